The predicted molar refractivity (Wildman–Crippen MR) is 51.9 cm³/mol. The Labute approximate surface area is 149 Å². The topological polar surface area (TPSA) is 126 Å². The van der Waals surface area contributed by atoms with Gasteiger partial charge in [0.2, 0.25) is 0 Å². The molecule has 0 aromatic heterocycles. The summed E-state index contributed by atoms with van der Waals surface area (Å²) < 4.78 is 64.2. The molecule has 0 atom stereocenters. The molecule has 0 aliphatic carbocycles. The number of hydrogen-bond acceptors (Lipinski definition) is 7. The van der Waals surface area contributed by atoms with E-state index in [0.717, 1.165) is 18.2 Å². The van der Waals surface area contributed by atoms with Crippen molar-refractivity contribution in [2.45, 2.75) is 9.79 Å². The fraction of sp³-hybridized carbons (Fsp3) is 0.143. The summed E-state index contributed by atoms with van der Waals surface area (Å²) in [5.41, 5.74) is -0.230. The van der Waals surface area contributed by atoms with Crippen molar-refractivity contribution in [2.24, 2.45) is 0 Å². The Morgan fingerprint density at radius 3 is 1.83 bits per heavy atom. The normalized spacial score (nSPS) is 11.1. The first-order valence-corrected chi connectivity index (χ1v) is 6.71. The molecule has 0 bridgehead atoms. The molecule has 0 aliphatic heterocycles. The van der Waals surface area contributed by atoms with Crippen molar-refractivity contribution in [3.63, 3.8) is 0 Å². The van der Waals surface area contributed by atoms with E-state index in [4.69, 9.17) is 0 Å². The van der Waals surface area contributed by atoms with E-state index in [1.807, 2.05) is 0 Å². The van der Waals surface area contributed by atoms with E-state index in [2.05, 4.69) is 5.32 Å². The van der Waals surface area contributed by atoms with Gasteiger partial charge in [-0.2, -0.15) is 0 Å². The fourth-order valence-corrected chi connectivity index (χ4v) is 2.24. The van der Waals surface area contributed by atoms with Gasteiger partial charge < -0.3 is 14.4 Å². The van der Waals surface area contributed by atoms with Crippen molar-refractivity contribution in [2.75, 3.05) is 12.4 Å². The van der Waals surface area contributed by atoms with Crippen molar-refractivity contribution in [3.8, 4) is 0 Å². The van der Waals surface area contributed by atoms with Crippen LogP contribution in [-0.2, 0) is 20.2 Å². The molecule has 0 saturated heterocycles. The molecule has 0 saturated carbocycles. The first-order chi connectivity index (χ1) is 7.16. The van der Waals surface area contributed by atoms with Gasteiger partial charge in [-0.15, -0.1) is 0 Å². The van der Waals surface area contributed by atoms with Crippen LogP contribution < -0.4 is 64.4 Å². The van der Waals surface area contributed by atoms with E-state index in [-0.39, 0.29) is 64.8 Å². The Morgan fingerprint density at radius 1 is 1.00 bits per heavy atom. The SMILES string of the molecule is CNc1cc(S(=O)(=O)[O-])ccc1S(=O)(=O)[O-].[Na+].[Na+]. The molecule has 11 heteroatoms. The summed E-state index contributed by atoms with van der Waals surface area (Å²) in [6.07, 6.45) is 0. The van der Waals surface area contributed by atoms with Gasteiger partial charge in [0.15, 0.2) is 0 Å². The molecule has 1 rings (SSSR count). The zero-order valence-corrected chi connectivity index (χ0v) is 15.6. The minimum atomic E-state index is -4.72. The fourth-order valence-electron chi connectivity index (χ4n) is 1.08. The van der Waals surface area contributed by atoms with Crippen molar-refractivity contribution in [1.82, 2.24) is 0 Å². The Balaban J connectivity index is 0. The smallest absolute Gasteiger partial charge is 0.744 e. The van der Waals surface area contributed by atoms with Crippen LogP contribution in [0, 0.1) is 0 Å². The Bertz CT molecular complexity index is 613. The first-order valence-electron chi connectivity index (χ1n) is 3.90. The summed E-state index contributed by atoms with van der Waals surface area (Å²) >= 11 is 0. The Kier molecular flexibility index (Phi) is 8.90. The van der Waals surface area contributed by atoms with Gasteiger partial charge in [0.1, 0.15) is 20.2 Å². The van der Waals surface area contributed by atoms with Gasteiger partial charge in [-0.1, -0.05) is 0 Å². The summed E-state index contributed by atoms with van der Waals surface area (Å²) in [5.74, 6) is 0. The third-order valence-electron chi connectivity index (χ3n) is 1.78. The van der Waals surface area contributed by atoms with Gasteiger partial charge in [-0.05, 0) is 18.2 Å². The quantitative estimate of drug-likeness (QED) is 0.434. The number of rotatable bonds is 3. The number of anilines is 1. The summed E-state index contributed by atoms with van der Waals surface area (Å²) in [5, 5.41) is 2.33. The second kappa shape index (κ2) is 7.58. The van der Waals surface area contributed by atoms with Crippen LogP contribution in [0.5, 0.6) is 0 Å². The minimum absolute atomic E-state index is 0. The van der Waals surface area contributed by atoms with Crippen LogP contribution >= 0.6 is 0 Å². The summed E-state index contributed by atoms with van der Waals surface area (Å²) in [6.45, 7) is 0. The molecule has 1 aromatic carbocycles. The van der Waals surface area contributed by atoms with E-state index >= 15 is 0 Å². The molecule has 1 aromatic rings. The third kappa shape index (κ3) is 5.45. The van der Waals surface area contributed by atoms with Crippen molar-refractivity contribution in [1.29, 1.82) is 0 Å². The molecule has 18 heavy (non-hydrogen) atoms. The molecule has 0 heterocycles. The average Bonchev–Trinajstić information content (AvgIpc) is 2.14. The average molecular weight is 311 g/mol. The monoisotopic (exact) mass is 311 g/mol. The van der Waals surface area contributed by atoms with Crippen molar-refractivity contribution < 1.29 is 85.1 Å². The van der Waals surface area contributed by atoms with Crippen LogP contribution in [-0.4, -0.2) is 33.0 Å². The largest absolute Gasteiger partial charge is 1.00 e. The molecule has 0 unspecified atom stereocenters. The molecule has 0 radical (unpaired) electrons. The van der Waals surface area contributed by atoms with Crippen LogP contribution in [0.4, 0.5) is 5.69 Å². The van der Waals surface area contributed by atoms with Crippen LogP contribution in [0.1, 0.15) is 0 Å². The minimum Gasteiger partial charge on any atom is -0.744 e. The maximum Gasteiger partial charge on any atom is 1.00 e. The summed E-state index contributed by atoms with van der Waals surface area (Å²) in [7, 11) is -8.10. The molecule has 90 valence electrons. The molecule has 7 nitrogen and oxygen atoms in total. The molecule has 0 aliphatic rings. The van der Waals surface area contributed by atoms with E-state index in [9.17, 15) is 25.9 Å². The summed E-state index contributed by atoms with van der Waals surface area (Å²) in [6, 6.07) is 2.35. The zero-order chi connectivity index (χ0) is 12.6. The van der Waals surface area contributed by atoms with Crippen LogP contribution in [0.2, 0.25) is 0 Å². The van der Waals surface area contributed by atoms with Gasteiger partial charge in [0, 0.05) is 7.05 Å². The van der Waals surface area contributed by atoms with Gasteiger partial charge in [0.25, 0.3) is 0 Å². The zero-order valence-electron chi connectivity index (χ0n) is 10.00. The predicted octanol–water partition coefficient (Wildman–Crippen LogP) is -6.46. The van der Waals surface area contributed by atoms with Gasteiger partial charge in [-0.3, -0.25) is 0 Å². The second-order valence-corrected chi connectivity index (χ2v) is 5.54. The van der Waals surface area contributed by atoms with Crippen LogP contribution in [0.15, 0.2) is 28.0 Å². The second-order valence-electron chi connectivity index (χ2n) is 2.82. The van der Waals surface area contributed by atoms with E-state index < -0.39 is 30.0 Å². The number of benzene rings is 1. The van der Waals surface area contributed by atoms with Crippen LogP contribution in [0.3, 0.4) is 0 Å². The van der Waals surface area contributed by atoms with E-state index in [1.54, 1.807) is 0 Å². The van der Waals surface area contributed by atoms with Gasteiger partial charge in [-0.25, -0.2) is 16.8 Å². The maximum atomic E-state index is 10.8. The number of nitrogens with one attached hydrogen (secondary N) is 1. The molecule has 1 N–H and O–H groups in total. The van der Waals surface area contributed by atoms with E-state index in [1.165, 1.54) is 7.05 Å². The Hall–Kier alpha value is 0.840. The third-order valence-corrected chi connectivity index (χ3v) is 3.50. The Morgan fingerprint density at radius 2 is 1.50 bits per heavy atom. The standard InChI is InChI=1S/C7H9NO6S2.2Na/c1-8-6-4-5(15(9,10)11)2-3-7(6)16(12,13)14;;/h2-4,8H,1H3,(H,9,10,11)(H,12,13,14);;/q;2*+1/p-2. The van der Waals surface area contributed by atoms with Crippen molar-refractivity contribution >= 4 is 25.9 Å². The van der Waals surface area contributed by atoms with Gasteiger partial charge >= 0.3 is 59.1 Å². The maximum absolute atomic E-state index is 10.8. The molecular weight excluding hydrogens is 304 g/mol. The molecule has 0 spiro atoms. The summed E-state index contributed by atoms with van der Waals surface area (Å²) in [4.78, 5) is -1.22. The first kappa shape index (κ1) is 21.1. The molecule has 0 fully saturated rings. The van der Waals surface area contributed by atoms with Crippen molar-refractivity contribution in [3.05, 3.63) is 18.2 Å². The van der Waals surface area contributed by atoms with Crippen LogP contribution in [0.25, 0.3) is 0 Å². The molecule has 0 amide bonds. The van der Waals surface area contributed by atoms with E-state index in [0.29, 0.717) is 0 Å². The number of hydrogen-bond donors (Lipinski definition) is 1. The molecular formula is C7H7NNa2O6S2. The van der Waals surface area contributed by atoms with Gasteiger partial charge in [0.05, 0.1) is 15.5 Å².